The fourth-order valence-electron chi connectivity index (χ4n) is 2.46. The highest BCUT2D eigenvalue weighted by Gasteiger charge is 2.19. The summed E-state index contributed by atoms with van der Waals surface area (Å²) >= 11 is 0. The van der Waals surface area contributed by atoms with E-state index in [2.05, 4.69) is 6.92 Å². The van der Waals surface area contributed by atoms with Crippen molar-refractivity contribution in [1.82, 2.24) is 0 Å². The molecule has 0 saturated heterocycles. The van der Waals surface area contributed by atoms with E-state index in [0.717, 1.165) is 24.7 Å². The third-order valence-electron chi connectivity index (χ3n) is 3.28. The van der Waals surface area contributed by atoms with Crippen LogP contribution in [-0.4, -0.2) is 11.2 Å². The molecule has 1 fully saturated rings. The molecule has 0 heterocycles. The van der Waals surface area contributed by atoms with Crippen molar-refractivity contribution in [2.75, 3.05) is 0 Å². The van der Waals surface area contributed by atoms with Crippen molar-refractivity contribution in [3.8, 4) is 6.07 Å². The fourth-order valence-corrected chi connectivity index (χ4v) is 2.46. The van der Waals surface area contributed by atoms with Gasteiger partial charge < -0.3 is 5.11 Å². The fraction of sp³-hybridized carbons (Fsp3) is 0.929. The molecule has 0 aliphatic heterocycles. The summed E-state index contributed by atoms with van der Waals surface area (Å²) in [6, 6.07) is 2.01. The molecule has 1 N–H and O–H groups in total. The highest BCUT2D eigenvalue weighted by atomic mass is 16.3. The molecule has 0 aromatic carbocycles. The highest BCUT2D eigenvalue weighted by molar-refractivity contribution is 4.77. The molecule has 0 spiro atoms. The lowest BCUT2D eigenvalue weighted by atomic mass is 9.80. The maximum Gasteiger partial charge on any atom is 0.0670 e. The lowest BCUT2D eigenvalue weighted by Gasteiger charge is -2.27. The van der Waals surface area contributed by atoms with E-state index in [-0.39, 0.29) is 0 Å². The molecule has 0 radical (unpaired) electrons. The molecular formula is C14H27NO. The zero-order valence-corrected chi connectivity index (χ0v) is 11.1. The molecule has 2 heteroatoms. The molecule has 1 aliphatic carbocycles. The standard InChI is InChI=1S/C12H21NO.C2H6/c1-10-3-2-4-11(9-10)5-6-12(14)7-8-13;1-2/h10-12,14H,2-7,9H2,1H3;1-2H3. The first-order valence-corrected chi connectivity index (χ1v) is 6.77. The number of rotatable bonds is 4. The smallest absolute Gasteiger partial charge is 0.0670 e. The summed E-state index contributed by atoms with van der Waals surface area (Å²) in [7, 11) is 0. The Labute approximate surface area is 101 Å². The van der Waals surface area contributed by atoms with E-state index < -0.39 is 6.10 Å². The van der Waals surface area contributed by atoms with Gasteiger partial charge in [-0.15, -0.1) is 0 Å². The van der Waals surface area contributed by atoms with E-state index >= 15 is 0 Å². The van der Waals surface area contributed by atoms with Gasteiger partial charge in [0.25, 0.3) is 0 Å². The van der Waals surface area contributed by atoms with Crippen LogP contribution in [0.3, 0.4) is 0 Å². The quantitative estimate of drug-likeness (QED) is 0.788. The van der Waals surface area contributed by atoms with Gasteiger partial charge in [0.15, 0.2) is 0 Å². The van der Waals surface area contributed by atoms with E-state index in [0.29, 0.717) is 6.42 Å². The van der Waals surface area contributed by atoms with Gasteiger partial charge in [0.2, 0.25) is 0 Å². The maximum atomic E-state index is 9.42. The topological polar surface area (TPSA) is 44.0 Å². The second kappa shape index (κ2) is 9.66. The van der Waals surface area contributed by atoms with Crippen LogP contribution >= 0.6 is 0 Å². The lowest BCUT2D eigenvalue weighted by Crippen LogP contribution is -2.15. The summed E-state index contributed by atoms with van der Waals surface area (Å²) in [5.74, 6) is 1.66. The van der Waals surface area contributed by atoms with Crippen LogP contribution in [0.5, 0.6) is 0 Å². The Morgan fingerprint density at radius 1 is 1.38 bits per heavy atom. The Kier molecular flexibility index (Phi) is 9.33. The molecule has 3 atom stereocenters. The first kappa shape index (κ1) is 15.4. The molecule has 1 saturated carbocycles. The van der Waals surface area contributed by atoms with Gasteiger partial charge in [0, 0.05) is 0 Å². The normalized spacial score (nSPS) is 26.2. The zero-order valence-electron chi connectivity index (χ0n) is 11.1. The molecule has 0 amide bonds. The molecule has 0 aromatic heterocycles. The van der Waals surface area contributed by atoms with Crippen molar-refractivity contribution < 1.29 is 5.11 Å². The molecular weight excluding hydrogens is 198 g/mol. The first-order valence-electron chi connectivity index (χ1n) is 6.77. The number of hydrogen-bond acceptors (Lipinski definition) is 2. The van der Waals surface area contributed by atoms with E-state index in [1.807, 2.05) is 19.9 Å². The summed E-state index contributed by atoms with van der Waals surface area (Å²) in [5.41, 5.74) is 0. The van der Waals surface area contributed by atoms with Crippen LogP contribution in [0.15, 0.2) is 0 Å². The summed E-state index contributed by atoms with van der Waals surface area (Å²) in [4.78, 5) is 0. The molecule has 2 nitrogen and oxygen atoms in total. The molecule has 0 bridgehead atoms. The molecule has 3 unspecified atom stereocenters. The van der Waals surface area contributed by atoms with Crippen LogP contribution in [0.4, 0.5) is 0 Å². The molecule has 94 valence electrons. The zero-order chi connectivity index (χ0) is 12.4. The Hall–Kier alpha value is -0.550. The van der Waals surface area contributed by atoms with Gasteiger partial charge in [-0.2, -0.15) is 5.26 Å². The second-order valence-corrected chi connectivity index (χ2v) is 4.73. The Morgan fingerprint density at radius 3 is 2.62 bits per heavy atom. The van der Waals surface area contributed by atoms with Gasteiger partial charge >= 0.3 is 0 Å². The molecule has 1 rings (SSSR count). The van der Waals surface area contributed by atoms with E-state index in [4.69, 9.17) is 5.26 Å². The van der Waals surface area contributed by atoms with E-state index in [1.54, 1.807) is 0 Å². The maximum absolute atomic E-state index is 9.42. The van der Waals surface area contributed by atoms with Gasteiger partial charge in [-0.05, 0) is 31.1 Å². The summed E-state index contributed by atoms with van der Waals surface area (Å²) in [6.07, 6.45) is 7.18. The van der Waals surface area contributed by atoms with Crippen LogP contribution in [0.25, 0.3) is 0 Å². The van der Waals surface area contributed by atoms with Crippen LogP contribution in [0.1, 0.15) is 65.7 Å². The summed E-state index contributed by atoms with van der Waals surface area (Å²) in [5, 5.41) is 17.8. The van der Waals surface area contributed by atoms with Gasteiger partial charge in [-0.25, -0.2) is 0 Å². The molecule has 0 aromatic rings. The minimum absolute atomic E-state index is 0.294. The van der Waals surface area contributed by atoms with Crippen molar-refractivity contribution in [3.63, 3.8) is 0 Å². The second-order valence-electron chi connectivity index (χ2n) is 4.73. The minimum Gasteiger partial charge on any atom is -0.392 e. The Balaban J connectivity index is 0.00000106. The van der Waals surface area contributed by atoms with Crippen molar-refractivity contribution in [1.29, 1.82) is 5.26 Å². The van der Waals surface area contributed by atoms with Gasteiger partial charge in [-0.3, -0.25) is 0 Å². The number of hydrogen-bond donors (Lipinski definition) is 1. The van der Waals surface area contributed by atoms with Crippen LogP contribution < -0.4 is 0 Å². The van der Waals surface area contributed by atoms with E-state index in [1.165, 1.54) is 25.7 Å². The minimum atomic E-state index is -0.391. The number of aliphatic hydroxyl groups excluding tert-OH is 1. The van der Waals surface area contributed by atoms with Gasteiger partial charge in [-0.1, -0.05) is 40.0 Å². The predicted molar refractivity (Wildman–Crippen MR) is 67.9 cm³/mol. The molecule has 16 heavy (non-hydrogen) atoms. The average Bonchev–Trinajstić information content (AvgIpc) is 2.30. The first-order chi connectivity index (χ1) is 7.72. The lowest BCUT2D eigenvalue weighted by molar-refractivity contribution is 0.149. The summed E-state index contributed by atoms with van der Waals surface area (Å²) < 4.78 is 0. The average molecular weight is 225 g/mol. The van der Waals surface area contributed by atoms with Crippen molar-refractivity contribution >= 4 is 0 Å². The van der Waals surface area contributed by atoms with Crippen LogP contribution in [-0.2, 0) is 0 Å². The predicted octanol–water partition coefficient (Wildman–Crippen LogP) is 3.89. The number of aliphatic hydroxyl groups is 1. The molecule has 1 aliphatic rings. The third-order valence-corrected chi connectivity index (χ3v) is 3.28. The largest absolute Gasteiger partial charge is 0.392 e. The van der Waals surface area contributed by atoms with E-state index in [9.17, 15) is 5.11 Å². The Bertz CT molecular complexity index is 197. The van der Waals surface area contributed by atoms with Crippen molar-refractivity contribution in [2.24, 2.45) is 11.8 Å². The van der Waals surface area contributed by atoms with Gasteiger partial charge in [0.1, 0.15) is 0 Å². The number of nitriles is 1. The monoisotopic (exact) mass is 225 g/mol. The van der Waals surface area contributed by atoms with Crippen LogP contribution in [0.2, 0.25) is 0 Å². The Morgan fingerprint density at radius 2 is 2.06 bits per heavy atom. The van der Waals surface area contributed by atoms with Crippen molar-refractivity contribution in [3.05, 3.63) is 0 Å². The van der Waals surface area contributed by atoms with Crippen molar-refractivity contribution in [2.45, 2.75) is 71.8 Å². The summed E-state index contributed by atoms with van der Waals surface area (Å²) in [6.45, 7) is 6.32. The van der Waals surface area contributed by atoms with Crippen LogP contribution in [0, 0.1) is 23.2 Å². The third kappa shape index (κ3) is 6.85. The van der Waals surface area contributed by atoms with Gasteiger partial charge in [0.05, 0.1) is 18.6 Å². The number of nitrogens with zero attached hydrogens (tertiary/aromatic N) is 1. The highest BCUT2D eigenvalue weighted by Crippen LogP contribution is 2.31. The SMILES string of the molecule is CC.CC1CCCC(CCC(O)CC#N)C1.